The largest absolute Gasteiger partial charge is 0.449 e. The molecule has 0 saturated heterocycles. The lowest BCUT2D eigenvalue weighted by Crippen LogP contribution is -2.36. The van der Waals surface area contributed by atoms with Crippen molar-refractivity contribution in [3.8, 4) is 11.3 Å². The molecule has 8 heteroatoms. The molecule has 2 aromatic carbocycles. The van der Waals surface area contributed by atoms with E-state index in [0.717, 1.165) is 5.56 Å². The third-order valence-electron chi connectivity index (χ3n) is 4.38. The highest BCUT2D eigenvalue weighted by atomic mass is 16.6. The van der Waals surface area contributed by atoms with Gasteiger partial charge in [0.1, 0.15) is 5.76 Å². The molecule has 0 unspecified atom stereocenters. The van der Waals surface area contributed by atoms with Gasteiger partial charge in [0.15, 0.2) is 6.10 Å². The summed E-state index contributed by atoms with van der Waals surface area (Å²) in [6, 6.07) is 18.4. The predicted octanol–water partition coefficient (Wildman–Crippen LogP) is 3.76. The molecule has 1 N–H and O–H groups in total. The van der Waals surface area contributed by atoms with Crippen molar-refractivity contribution in [3.05, 3.63) is 88.2 Å². The van der Waals surface area contributed by atoms with Crippen molar-refractivity contribution in [2.24, 2.45) is 0 Å². The Balaban J connectivity index is 1.52. The molecule has 0 fully saturated rings. The molecule has 0 aliphatic carbocycles. The lowest BCUT2D eigenvalue weighted by Gasteiger charge is -2.12. The van der Waals surface area contributed by atoms with Crippen molar-refractivity contribution in [3.63, 3.8) is 0 Å². The van der Waals surface area contributed by atoms with E-state index in [-0.39, 0.29) is 11.4 Å². The van der Waals surface area contributed by atoms with Crippen LogP contribution in [0.15, 0.2) is 71.1 Å². The zero-order valence-electron chi connectivity index (χ0n) is 16.2. The lowest BCUT2D eigenvalue weighted by molar-refractivity contribution is -0.384. The topological polar surface area (TPSA) is 112 Å². The van der Waals surface area contributed by atoms with Gasteiger partial charge in [-0.25, -0.2) is 4.79 Å². The van der Waals surface area contributed by atoms with Crippen LogP contribution in [-0.2, 0) is 16.0 Å². The van der Waals surface area contributed by atoms with Crippen LogP contribution in [0.1, 0.15) is 23.0 Å². The smallest absolute Gasteiger partial charge is 0.375 e. The number of nitro groups is 1. The maximum atomic E-state index is 12.3. The van der Waals surface area contributed by atoms with E-state index in [9.17, 15) is 19.7 Å². The second-order valence-corrected chi connectivity index (χ2v) is 6.54. The summed E-state index contributed by atoms with van der Waals surface area (Å²) in [5.41, 5.74) is 1.63. The number of carbonyl (C=O) groups is 2. The molecule has 3 rings (SSSR count). The quantitative estimate of drug-likeness (QED) is 0.345. The van der Waals surface area contributed by atoms with Gasteiger partial charge in [-0.05, 0) is 43.2 Å². The fourth-order valence-electron chi connectivity index (χ4n) is 2.74. The summed E-state index contributed by atoms with van der Waals surface area (Å²) in [7, 11) is 0. The molecule has 154 valence electrons. The minimum atomic E-state index is -0.985. The third-order valence-corrected chi connectivity index (χ3v) is 4.38. The van der Waals surface area contributed by atoms with E-state index in [1.54, 1.807) is 6.07 Å². The fourth-order valence-corrected chi connectivity index (χ4v) is 2.74. The molecule has 0 bridgehead atoms. The number of benzene rings is 2. The normalized spacial score (nSPS) is 11.5. The first kappa shape index (κ1) is 20.8. The van der Waals surface area contributed by atoms with Gasteiger partial charge in [-0.1, -0.05) is 30.3 Å². The van der Waals surface area contributed by atoms with Crippen LogP contribution in [0.25, 0.3) is 11.3 Å². The SMILES string of the molecule is C[C@H](OC(=O)c1ccc(-c2ccc([N+](=O)[O-])cc2)o1)C(=O)NCCc1ccccc1. The first-order valence-corrected chi connectivity index (χ1v) is 9.31. The number of non-ortho nitro benzene ring substituents is 1. The number of nitro benzene ring substituents is 1. The summed E-state index contributed by atoms with van der Waals surface area (Å²) < 4.78 is 10.6. The summed E-state index contributed by atoms with van der Waals surface area (Å²) in [5, 5.41) is 13.5. The number of esters is 1. The highest BCUT2D eigenvalue weighted by molar-refractivity contribution is 5.90. The average molecular weight is 408 g/mol. The molecule has 0 spiro atoms. The molecule has 1 heterocycles. The van der Waals surface area contributed by atoms with Crippen LogP contribution in [0, 0.1) is 10.1 Å². The molecule has 0 aliphatic rings. The van der Waals surface area contributed by atoms with Crippen LogP contribution in [0.4, 0.5) is 5.69 Å². The zero-order chi connectivity index (χ0) is 21.5. The first-order valence-electron chi connectivity index (χ1n) is 9.31. The van der Waals surface area contributed by atoms with Crippen LogP contribution >= 0.6 is 0 Å². The van der Waals surface area contributed by atoms with Crippen LogP contribution in [-0.4, -0.2) is 29.4 Å². The van der Waals surface area contributed by atoms with Crippen LogP contribution in [0.2, 0.25) is 0 Å². The Hall–Kier alpha value is -3.94. The standard InChI is InChI=1S/C22H20N2O6/c1-15(21(25)23-14-13-16-5-3-2-4-6-16)29-22(26)20-12-11-19(30-20)17-7-9-18(10-8-17)24(27)28/h2-12,15H,13-14H2,1H3,(H,23,25)/t15-/m0/s1. The number of rotatable bonds is 8. The average Bonchev–Trinajstić information content (AvgIpc) is 3.25. The minimum absolute atomic E-state index is 0.0444. The predicted molar refractivity (Wildman–Crippen MR) is 109 cm³/mol. The molecule has 30 heavy (non-hydrogen) atoms. The van der Waals surface area contributed by atoms with Gasteiger partial charge in [0, 0.05) is 24.2 Å². The Bertz CT molecular complexity index is 1030. The monoisotopic (exact) mass is 408 g/mol. The van der Waals surface area contributed by atoms with Crippen molar-refractivity contribution < 1.29 is 23.7 Å². The Kier molecular flexibility index (Phi) is 6.59. The summed E-state index contributed by atoms with van der Waals surface area (Å²) >= 11 is 0. The van der Waals surface area contributed by atoms with Crippen molar-refractivity contribution in [2.75, 3.05) is 6.54 Å². The van der Waals surface area contributed by atoms with Gasteiger partial charge in [0.2, 0.25) is 5.76 Å². The van der Waals surface area contributed by atoms with Gasteiger partial charge in [0.25, 0.3) is 11.6 Å². The molecule has 0 aliphatic heterocycles. The van der Waals surface area contributed by atoms with Gasteiger partial charge in [-0.15, -0.1) is 0 Å². The number of ether oxygens (including phenoxy) is 1. The summed E-state index contributed by atoms with van der Waals surface area (Å²) in [6.45, 7) is 1.91. The van der Waals surface area contributed by atoms with Gasteiger partial charge < -0.3 is 14.5 Å². The third kappa shape index (κ3) is 5.32. The number of nitrogens with zero attached hydrogens (tertiary/aromatic N) is 1. The van der Waals surface area contributed by atoms with E-state index in [1.807, 2.05) is 30.3 Å². The van der Waals surface area contributed by atoms with Crippen molar-refractivity contribution in [1.29, 1.82) is 0 Å². The molecule has 8 nitrogen and oxygen atoms in total. The van der Waals surface area contributed by atoms with Gasteiger partial charge in [0.05, 0.1) is 4.92 Å². The number of amides is 1. The van der Waals surface area contributed by atoms with E-state index < -0.39 is 22.9 Å². The molecule has 0 radical (unpaired) electrons. The van der Waals surface area contributed by atoms with Crippen molar-refractivity contribution in [2.45, 2.75) is 19.4 Å². The molecular formula is C22H20N2O6. The summed E-state index contributed by atoms with van der Waals surface area (Å²) in [6.07, 6.45) is -0.314. The van der Waals surface area contributed by atoms with Gasteiger partial charge >= 0.3 is 5.97 Å². The van der Waals surface area contributed by atoms with Gasteiger partial charge in [-0.2, -0.15) is 0 Å². The fraction of sp³-hybridized carbons (Fsp3) is 0.182. The number of nitrogens with one attached hydrogen (secondary N) is 1. The van der Waals surface area contributed by atoms with Crippen LogP contribution in [0.3, 0.4) is 0 Å². The highest BCUT2D eigenvalue weighted by Crippen LogP contribution is 2.25. The number of carbonyl (C=O) groups excluding carboxylic acids is 2. The Morgan fingerprint density at radius 2 is 1.77 bits per heavy atom. The van der Waals surface area contributed by atoms with E-state index in [1.165, 1.54) is 37.3 Å². The van der Waals surface area contributed by atoms with E-state index in [0.29, 0.717) is 24.3 Å². The van der Waals surface area contributed by atoms with Crippen LogP contribution in [0.5, 0.6) is 0 Å². The van der Waals surface area contributed by atoms with E-state index >= 15 is 0 Å². The lowest BCUT2D eigenvalue weighted by atomic mass is 10.1. The van der Waals surface area contributed by atoms with E-state index in [4.69, 9.17) is 9.15 Å². The molecule has 1 amide bonds. The maximum Gasteiger partial charge on any atom is 0.375 e. The number of hydrogen-bond acceptors (Lipinski definition) is 6. The second kappa shape index (κ2) is 9.51. The van der Waals surface area contributed by atoms with Gasteiger partial charge in [-0.3, -0.25) is 14.9 Å². The molecule has 1 aromatic heterocycles. The Morgan fingerprint density at radius 3 is 2.43 bits per heavy atom. The van der Waals surface area contributed by atoms with Crippen molar-refractivity contribution >= 4 is 17.6 Å². The molecule has 1 atom stereocenters. The number of furan rings is 1. The minimum Gasteiger partial charge on any atom is -0.449 e. The Morgan fingerprint density at radius 1 is 1.07 bits per heavy atom. The zero-order valence-corrected chi connectivity index (χ0v) is 16.2. The van der Waals surface area contributed by atoms with E-state index in [2.05, 4.69) is 5.32 Å². The summed E-state index contributed by atoms with van der Waals surface area (Å²) in [5.74, 6) is -0.876. The highest BCUT2D eigenvalue weighted by Gasteiger charge is 2.21. The second-order valence-electron chi connectivity index (χ2n) is 6.54. The molecular weight excluding hydrogens is 388 g/mol. The Labute approximate surface area is 172 Å². The molecule has 0 saturated carbocycles. The van der Waals surface area contributed by atoms with Crippen molar-refractivity contribution in [1.82, 2.24) is 5.32 Å². The number of hydrogen-bond donors (Lipinski definition) is 1. The maximum absolute atomic E-state index is 12.3. The first-order chi connectivity index (χ1) is 14.4. The summed E-state index contributed by atoms with van der Waals surface area (Å²) in [4.78, 5) is 34.6. The molecule has 3 aromatic rings. The van der Waals surface area contributed by atoms with Crippen LogP contribution < -0.4 is 5.32 Å².